The van der Waals surface area contributed by atoms with Gasteiger partial charge in [0.15, 0.2) is 5.96 Å². The number of halogens is 5. The Bertz CT molecular complexity index is 558. The van der Waals surface area contributed by atoms with Crippen LogP contribution in [0.4, 0.5) is 13.2 Å². The van der Waals surface area contributed by atoms with Gasteiger partial charge < -0.3 is 10.6 Å². The number of alkyl halides is 3. The minimum absolute atomic E-state index is 0. The maximum Gasteiger partial charge on any atom is 0.390 e. The summed E-state index contributed by atoms with van der Waals surface area (Å²) in [5, 5.41) is 6.67. The second-order valence-electron chi connectivity index (χ2n) is 6.19. The van der Waals surface area contributed by atoms with E-state index in [9.17, 15) is 13.2 Å². The number of likely N-dealkylation sites (tertiary alicyclic amines) is 1. The largest absolute Gasteiger partial charge is 0.390 e. The second-order valence-corrected chi connectivity index (χ2v) is 6.62. The van der Waals surface area contributed by atoms with Gasteiger partial charge in [-0.15, -0.1) is 24.0 Å². The van der Waals surface area contributed by atoms with E-state index in [1.165, 1.54) is 5.56 Å². The van der Waals surface area contributed by atoms with E-state index >= 15 is 0 Å². The number of guanidine groups is 1. The Kier molecular flexibility index (Phi) is 10.0. The number of hydrogen-bond acceptors (Lipinski definition) is 2. The van der Waals surface area contributed by atoms with Crippen molar-refractivity contribution in [2.45, 2.75) is 38.0 Å². The average molecular weight is 505 g/mol. The fourth-order valence-electron chi connectivity index (χ4n) is 2.79. The molecule has 1 aliphatic heterocycles. The van der Waals surface area contributed by atoms with E-state index in [1.54, 1.807) is 7.05 Å². The smallest absolute Gasteiger partial charge is 0.356 e. The molecule has 26 heavy (non-hydrogen) atoms. The van der Waals surface area contributed by atoms with Crippen molar-refractivity contribution >= 4 is 41.5 Å². The molecule has 1 aromatic rings. The van der Waals surface area contributed by atoms with Crippen LogP contribution in [0.2, 0.25) is 5.02 Å². The molecule has 0 atom stereocenters. The lowest BCUT2D eigenvalue weighted by Crippen LogP contribution is -2.48. The molecule has 2 N–H and O–H groups in total. The molecular weight excluding hydrogens is 480 g/mol. The lowest BCUT2D eigenvalue weighted by Gasteiger charge is -2.33. The maximum absolute atomic E-state index is 12.2. The molecule has 148 valence electrons. The summed E-state index contributed by atoms with van der Waals surface area (Å²) in [6.07, 6.45) is -3.17. The van der Waals surface area contributed by atoms with Crippen LogP contribution in [0.3, 0.4) is 0 Å². The first-order valence-electron chi connectivity index (χ1n) is 8.36. The van der Waals surface area contributed by atoms with Crippen molar-refractivity contribution < 1.29 is 13.2 Å². The van der Waals surface area contributed by atoms with Crippen molar-refractivity contribution in [3.05, 3.63) is 34.9 Å². The van der Waals surface area contributed by atoms with Gasteiger partial charge in [-0.2, -0.15) is 13.2 Å². The van der Waals surface area contributed by atoms with Crippen molar-refractivity contribution in [2.24, 2.45) is 4.99 Å². The Labute approximate surface area is 174 Å². The summed E-state index contributed by atoms with van der Waals surface area (Å²) in [5.41, 5.74) is 1.22. The molecule has 0 unspecified atom stereocenters. The van der Waals surface area contributed by atoms with E-state index in [2.05, 4.69) is 20.5 Å². The third-order valence-corrected chi connectivity index (χ3v) is 4.42. The van der Waals surface area contributed by atoms with Crippen LogP contribution in [-0.4, -0.2) is 49.8 Å². The van der Waals surface area contributed by atoms with E-state index in [0.29, 0.717) is 5.96 Å². The SMILES string of the molecule is CN=C(NCCC(F)(F)F)NC1CCN(Cc2ccc(Cl)cc2)CC1.I. The molecule has 0 aliphatic carbocycles. The lowest BCUT2D eigenvalue weighted by atomic mass is 10.0. The summed E-state index contributed by atoms with van der Waals surface area (Å²) in [5.74, 6) is 0.431. The molecule has 1 heterocycles. The van der Waals surface area contributed by atoms with Crippen molar-refractivity contribution in [1.82, 2.24) is 15.5 Å². The molecule has 1 fully saturated rings. The molecule has 4 nitrogen and oxygen atoms in total. The summed E-state index contributed by atoms with van der Waals surface area (Å²) in [7, 11) is 1.57. The predicted molar refractivity (Wildman–Crippen MR) is 110 cm³/mol. The van der Waals surface area contributed by atoms with E-state index in [0.717, 1.165) is 37.5 Å². The highest BCUT2D eigenvalue weighted by molar-refractivity contribution is 14.0. The average Bonchev–Trinajstić information content (AvgIpc) is 2.56. The number of nitrogens with one attached hydrogen (secondary N) is 2. The van der Waals surface area contributed by atoms with Crippen molar-refractivity contribution in [1.29, 1.82) is 0 Å². The molecule has 0 aromatic heterocycles. The molecule has 0 radical (unpaired) electrons. The first-order chi connectivity index (χ1) is 11.9. The van der Waals surface area contributed by atoms with Crippen molar-refractivity contribution in [3.8, 4) is 0 Å². The first kappa shape index (κ1) is 23.3. The van der Waals surface area contributed by atoms with Crippen LogP contribution < -0.4 is 10.6 Å². The molecular formula is C17H25ClF3IN4. The number of nitrogens with zero attached hydrogens (tertiary/aromatic N) is 2. The van der Waals surface area contributed by atoms with Gasteiger partial charge >= 0.3 is 6.18 Å². The predicted octanol–water partition coefficient (Wildman–Crippen LogP) is 4.04. The monoisotopic (exact) mass is 504 g/mol. The molecule has 2 rings (SSSR count). The Morgan fingerprint density at radius 1 is 1.23 bits per heavy atom. The van der Waals surface area contributed by atoms with E-state index < -0.39 is 12.6 Å². The fourth-order valence-corrected chi connectivity index (χ4v) is 2.92. The molecule has 0 bridgehead atoms. The van der Waals surface area contributed by atoms with Gasteiger partial charge in [-0.3, -0.25) is 9.89 Å². The van der Waals surface area contributed by atoms with Gasteiger partial charge in [0.1, 0.15) is 0 Å². The first-order valence-corrected chi connectivity index (χ1v) is 8.74. The zero-order valence-electron chi connectivity index (χ0n) is 14.7. The van der Waals surface area contributed by atoms with Crippen LogP contribution in [0.25, 0.3) is 0 Å². The third kappa shape index (κ3) is 8.77. The van der Waals surface area contributed by atoms with Crippen molar-refractivity contribution in [3.63, 3.8) is 0 Å². The lowest BCUT2D eigenvalue weighted by molar-refractivity contribution is -0.132. The highest BCUT2D eigenvalue weighted by Crippen LogP contribution is 2.18. The molecule has 1 aliphatic rings. The Balaban J connectivity index is 0.00000338. The van der Waals surface area contributed by atoms with Gasteiger partial charge in [0.2, 0.25) is 0 Å². The Morgan fingerprint density at radius 2 is 1.85 bits per heavy atom. The van der Waals surface area contributed by atoms with Gasteiger partial charge in [0.05, 0.1) is 6.42 Å². The molecule has 9 heteroatoms. The van der Waals surface area contributed by atoms with Gasteiger partial charge in [0, 0.05) is 44.3 Å². The zero-order chi connectivity index (χ0) is 18.3. The van der Waals surface area contributed by atoms with Gasteiger partial charge in [-0.25, -0.2) is 0 Å². The van der Waals surface area contributed by atoms with E-state index in [4.69, 9.17) is 11.6 Å². The highest BCUT2D eigenvalue weighted by Gasteiger charge is 2.26. The van der Waals surface area contributed by atoms with Crippen molar-refractivity contribution in [2.75, 3.05) is 26.7 Å². The third-order valence-electron chi connectivity index (χ3n) is 4.17. The highest BCUT2D eigenvalue weighted by atomic mass is 127. The molecule has 0 amide bonds. The normalized spacial score (nSPS) is 16.9. The number of hydrogen-bond donors (Lipinski definition) is 2. The summed E-state index contributed by atoms with van der Waals surface area (Å²) in [4.78, 5) is 6.36. The van der Waals surface area contributed by atoms with Crippen LogP contribution in [0.15, 0.2) is 29.3 Å². The number of rotatable bonds is 5. The molecule has 1 saturated heterocycles. The summed E-state index contributed by atoms with van der Waals surface area (Å²) in [6, 6.07) is 8.06. The fraction of sp³-hybridized carbons (Fsp3) is 0.588. The van der Waals surface area contributed by atoms with Gasteiger partial charge in [-0.1, -0.05) is 23.7 Å². The quantitative estimate of drug-likeness (QED) is 0.361. The van der Waals surface area contributed by atoms with E-state index in [1.807, 2.05) is 24.3 Å². The molecule has 0 saturated carbocycles. The van der Waals surface area contributed by atoms with Crippen LogP contribution >= 0.6 is 35.6 Å². The molecule has 1 aromatic carbocycles. The minimum atomic E-state index is -4.15. The summed E-state index contributed by atoms with van der Waals surface area (Å²) in [6.45, 7) is 2.57. The zero-order valence-corrected chi connectivity index (χ0v) is 17.7. The second kappa shape index (κ2) is 11.2. The van der Waals surface area contributed by atoms with E-state index in [-0.39, 0.29) is 36.6 Å². The summed E-state index contributed by atoms with van der Waals surface area (Å²) >= 11 is 5.90. The Morgan fingerprint density at radius 3 is 2.38 bits per heavy atom. The van der Waals surface area contributed by atoms with Crippen LogP contribution in [0.1, 0.15) is 24.8 Å². The van der Waals surface area contributed by atoms with Gasteiger partial charge in [-0.05, 0) is 30.5 Å². The standard InChI is InChI=1S/C17H24ClF3N4.HI/c1-22-16(23-9-8-17(19,20)21)24-15-6-10-25(11-7-15)12-13-2-4-14(18)5-3-13;/h2-5,15H,6-12H2,1H3,(H2,22,23,24);1H. The summed E-state index contributed by atoms with van der Waals surface area (Å²) < 4.78 is 36.6. The number of piperidine rings is 1. The van der Waals surface area contributed by atoms with Crippen LogP contribution in [0.5, 0.6) is 0 Å². The molecule has 0 spiro atoms. The maximum atomic E-state index is 12.2. The topological polar surface area (TPSA) is 39.7 Å². The van der Waals surface area contributed by atoms with Crippen LogP contribution in [0, 0.1) is 0 Å². The Hall–Kier alpha value is -0.740. The minimum Gasteiger partial charge on any atom is -0.356 e. The number of aliphatic imine (C=N–C) groups is 1. The number of benzene rings is 1. The van der Waals surface area contributed by atoms with Crippen LogP contribution in [-0.2, 0) is 6.54 Å². The van der Waals surface area contributed by atoms with Gasteiger partial charge in [0.25, 0.3) is 0 Å².